The molecule has 0 aliphatic carbocycles. The first-order chi connectivity index (χ1) is 5.86. The molecule has 12 heavy (non-hydrogen) atoms. The molecule has 0 bridgehead atoms. The number of hydrogen-bond donors (Lipinski definition) is 2. The molecule has 0 spiro atoms. The molecule has 1 rings (SSSR count). The van der Waals surface area contributed by atoms with E-state index >= 15 is 0 Å². The van der Waals surface area contributed by atoms with E-state index in [1.165, 1.54) is 6.39 Å². The van der Waals surface area contributed by atoms with Crippen LogP contribution in [0, 0.1) is 0 Å². The predicted octanol–water partition coefficient (Wildman–Crippen LogP) is 0.535. The standard InChI is InChI=1S/C8H14N2O2/c1-2-7(5-11)10-4-8-3-9-6-12-8/h3,6-7,10-11H,2,4-5H2,1H3/t7-/m1/s1. The lowest BCUT2D eigenvalue weighted by atomic mass is 10.2. The molecule has 0 saturated heterocycles. The summed E-state index contributed by atoms with van der Waals surface area (Å²) in [7, 11) is 0. The molecule has 1 aromatic heterocycles. The van der Waals surface area contributed by atoms with Crippen molar-refractivity contribution in [1.82, 2.24) is 10.3 Å². The third-order valence-corrected chi connectivity index (χ3v) is 1.76. The van der Waals surface area contributed by atoms with Gasteiger partial charge in [-0.3, -0.25) is 0 Å². The maximum atomic E-state index is 8.85. The van der Waals surface area contributed by atoms with Crippen molar-refractivity contribution in [2.45, 2.75) is 25.9 Å². The summed E-state index contributed by atoms with van der Waals surface area (Å²) < 4.78 is 5.02. The van der Waals surface area contributed by atoms with Gasteiger partial charge in [0.25, 0.3) is 0 Å². The summed E-state index contributed by atoms with van der Waals surface area (Å²) in [6.07, 6.45) is 3.97. The zero-order valence-corrected chi connectivity index (χ0v) is 7.16. The molecular formula is C8H14N2O2. The van der Waals surface area contributed by atoms with E-state index in [0.29, 0.717) is 6.54 Å². The van der Waals surface area contributed by atoms with Gasteiger partial charge in [0, 0.05) is 6.04 Å². The van der Waals surface area contributed by atoms with E-state index in [1.54, 1.807) is 6.20 Å². The number of aliphatic hydroxyl groups is 1. The summed E-state index contributed by atoms with van der Waals surface area (Å²) >= 11 is 0. The van der Waals surface area contributed by atoms with Crippen LogP contribution in [0.1, 0.15) is 19.1 Å². The lowest BCUT2D eigenvalue weighted by molar-refractivity contribution is 0.235. The topological polar surface area (TPSA) is 58.3 Å². The van der Waals surface area contributed by atoms with Crippen molar-refractivity contribution in [2.24, 2.45) is 0 Å². The summed E-state index contributed by atoms with van der Waals surface area (Å²) in [5.74, 6) is 0.793. The first-order valence-corrected chi connectivity index (χ1v) is 4.08. The lowest BCUT2D eigenvalue weighted by Gasteiger charge is -2.11. The Labute approximate surface area is 71.6 Å². The van der Waals surface area contributed by atoms with Gasteiger partial charge in [0.15, 0.2) is 6.39 Å². The van der Waals surface area contributed by atoms with Crippen molar-refractivity contribution in [1.29, 1.82) is 0 Å². The van der Waals surface area contributed by atoms with Crippen molar-refractivity contribution < 1.29 is 9.52 Å². The third kappa shape index (κ3) is 2.64. The van der Waals surface area contributed by atoms with Gasteiger partial charge in [0.2, 0.25) is 0 Å². The fourth-order valence-electron chi connectivity index (χ4n) is 0.912. The minimum Gasteiger partial charge on any atom is -0.447 e. The Morgan fingerprint density at radius 3 is 3.08 bits per heavy atom. The van der Waals surface area contributed by atoms with E-state index in [9.17, 15) is 0 Å². The summed E-state index contributed by atoms with van der Waals surface area (Å²) in [4.78, 5) is 3.78. The van der Waals surface area contributed by atoms with Gasteiger partial charge in [0.1, 0.15) is 5.76 Å². The van der Waals surface area contributed by atoms with Crippen molar-refractivity contribution >= 4 is 0 Å². The first kappa shape index (κ1) is 9.22. The summed E-state index contributed by atoms with van der Waals surface area (Å²) in [5.41, 5.74) is 0. The van der Waals surface area contributed by atoms with Gasteiger partial charge < -0.3 is 14.8 Å². The van der Waals surface area contributed by atoms with Crippen LogP contribution in [0.25, 0.3) is 0 Å². The van der Waals surface area contributed by atoms with Gasteiger partial charge in [-0.05, 0) is 6.42 Å². The van der Waals surface area contributed by atoms with E-state index < -0.39 is 0 Å². The van der Waals surface area contributed by atoms with Crippen molar-refractivity contribution in [3.05, 3.63) is 18.4 Å². The molecule has 0 aliphatic rings. The van der Waals surface area contributed by atoms with Gasteiger partial charge in [-0.25, -0.2) is 4.98 Å². The molecule has 4 nitrogen and oxygen atoms in total. The minimum atomic E-state index is 0.148. The highest BCUT2D eigenvalue weighted by molar-refractivity contribution is 4.87. The van der Waals surface area contributed by atoms with Crippen LogP contribution in [0.5, 0.6) is 0 Å². The van der Waals surface area contributed by atoms with Crippen molar-refractivity contribution in [3.8, 4) is 0 Å². The SMILES string of the molecule is CC[C@H](CO)NCc1cnco1. The van der Waals surface area contributed by atoms with Crippen molar-refractivity contribution in [3.63, 3.8) is 0 Å². The molecule has 0 amide bonds. The van der Waals surface area contributed by atoms with Gasteiger partial charge in [-0.1, -0.05) is 6.92 Å². The van der Waals surface area contributed by atoms with Gasteiger partial charge in [-0.15, -0.1) is 0 Å². The molecule has 4 heteroatoms. The number of rotatable bonds is 5. The molecule has 1 atom stereocenters. The maximum Gasteiger partial charge on any atom is 0.180 e. The van der Waals surface area contributed by atoms with Crippen LogP contribution in [0.4, 0.5) is 0 Å². The quantitative estimate of drug-likeness (QED) is 0.677. The number of aromatic nitrogens is 1. The second kappa shape index (κ2) is 4.90. The maximum absolute atomic E-state index is 8.85. The van der Waals surface area contributed by atoms with E-state index in [0.717, 1.165) is 12.2 Å². The normalized spacial score (nSPS) is 13.2. The molecule has 0 aliphatic heterocycles. The molecule has 1 aromatic rings. The number of aliphatic hydroxyl groups excluding tert-OH is 1. The van der Waals surface area contributed by atoms with Crippen LogP contribution in [-0.4, -0.2) is 22.7 Å². The van der Waals surface area contributed by atoms with E-state index in [2.05, 4.69) is 10.3 Å². The second-order valence-corrected chi connectivity index (χ2v) is 2.64. The summed E-state index contributed by atoms with van der Waals surface area (Å²) in [6.45, 7) is 2.80. The second-order valence-electron chi connectivity index (χ2n) is 2.64. The Balaban J connectivity index is 2.25. The molecule has 2 N–H and O–H groups in total. The first-order valence-electron chi connectivity index (χ1n) is 4.08. The number of nitrogens with one attached hydrogen (secondary N) is 1. The lowest BCUT2D eigenvalue weighted by Crippen LogP contribution is -2.30. The highest BCUT2D eigenvalue weighted by atomic mass is 16.3. The predicted molar refractivity (Wildman–Crippen MR) is 44.5 cm³/mol. The molecule has 0 radical (unpaired) electrons. The Bertz CT molecular complexity index is 195. The Morgan fingerprint density at radius 2 is 2.58 bits per heavy atom. The van der Waals surface area contributed by atoms with Crippen molar-refractivity contribution in [2.75, 3.05) is 6.61 Å². The van der Waals surface area contributed by atoms with Gasteiger partial charge in [-0.2, -0.15) is 0 Å². The van der Waals surface area contributed by atoms with Gasteiger partial charge >= 0.3 is 0 Å². The van der Waals surface area contributed by atoms with Crippen LogP contribution in [0.3, 0.4) is 0 Å². The third-order valence-electron chi connectivity index (χ3n) is 1.76. The zero-order valence-electron chi connectivity index (χ0n) is 7.16. The monoisotopic (exact) mass is 170 g/mol. The minimum absolute atomic E-state index is 0.148. The van der Waals surface area contributed by atoms with Gasteiger partial charge in [0.05, 0.1) is 19.3 Å². The smallest absolute Gasteiger partial charge is 0.180 e. The molecular weight excluding hydrogens is 156 g/mol. The Morgan fingerprint density at radius 1 is 1.75 bits per heavy atom. The highest BCUT2D eigenvalue weighted by Gasteiger charge is 2.03. The Kier molecular flexibility index (Phi) is 3.76. The molecule has 0 aromatic carbocycles. The average molecular weight is 170 g/mol. The number of nitrogens with zero attached hydrogens (tertiary/aromatic N) is 1. The fourth-order valence-corrected chi connectivity index (χ4v) is 0.912. The zero-order chi connectivity index (χ0) is 8.81. The van der Waals surface area contributed by atoms with Crippen LogP contribution < -0.4 is 5.32 Å². The van der Waals surface area contributed by atoms with E-state index in [1.807, 2.05) is 6.92 Å². The highest BCUT2D eigenvalue weighted by Crippen LogP contribution is 1.97. The van der Waals surface area contributed by atoms with Crippen LogP contribution in [0.2, 0.25) is 0 Å². The number of oxazole rings is 1. The molecule has 1 heterocycles. The van der Waals surface area contributed by atoms with E-state index in [-0.39, 0.29) is 12.6 Å². The Hall–Kier alpha value is -0.870. The average Bonchev–Trinajstić information content (AvgIpc) is 2.59. The molecule has 0 saturated carbocycles. The van der Waals surface area contributed by atoms with Crippen LogP contribution >= 0.6 is 0 Å². The fraction of sp³-hybridized carbons (Fsp3) is 0.625. The number of hydrogen-bond acceptors (Lipinski definition) is 4. The van der Waals surface area contributed by atoms with Crippen LogP contribution in [-0.2, 0) is 6.54 Å². The summed E-state index contributed by atoms with van der Waals surface area (Å²) in [5, 5.41) is 12.0. The molecule has 0 unspecified atom stereocenters. The largest absolute Gasteiger partial charge is 0.447 e. The van der Waals surface area contributed by atoms with Crippen LogP contribution in [0.15, 0.2) is 17.0 Å². The summed E-state index contributed by atoms with van der Waals surface area (Å²) in [6, 6.07) is 0.148. The molecule has 0 fully saturated rings. The molecule has 68 valence electrons. The van der Waals surface area contributed by atoms with E-state index in [4.69, 9.17) is 9.52 Å².